The van der Waals surface area contributed by atoms with E-state index in [9.17, 15) is 19.5 Å². The Kier molecular flexibility index (Phi) is 5.31. The molecular weight excluding hydrogens is 444 g/mol. The molecule has 1 aromatic heterocycles. The number of amides is 1. The number of carboxylic acids is 1. The topological polar surface area (TPSA) is 113 Å². The van der Waals surface area contributed by atoms with Crippen LogP contribution >= 0.6 is 0 Å². The van der Waals surface area contributed by atoms with Crippen molar-refractivity contribution < 1.29 is 19.5 Å². The molecule has 1 aliphatic heterocycles. The second-order valence-electron chi connectivity index (χ2n) is 9.96. The number of ketones is 1. The summed E-state index contributed by atoms with van der Waals surface area (Å²) in [5, 5.41) is 20.1. The fourth-order valence-corrected chi connectivity index (χ4v) is 4.83. The Bertz CT molecular complexity index is 1380. The molecule has 35 heavy (non-hydrogen) atoms. The Morgan fingerprint density at radius 2 is 1.77 bits per heavy atom. The molecule has 0 saturated carbocycles. The summed E-state index contributed by atoms with van der Waals surface area (Å²) in [6.07, 6.45) is 2.54. The van der Waals surface area contributed by atoms with Gasteiger partial charge in [-0.2, -0.15) is 5.10 Å². The molecule has 0 radical (unpaired) electrons. The fraction of sp³-hybridized carbons (Fsp3) is 0.259. The maximum atomic E-state index is 13.3. The molecule has 1 unspecified atom stereocenters. The standard InChI is InChI=1S/C27H26N4O4/c1-15-4-10-18(11-5-15)29-25(33)19-14-28-31-23(16-6-8-17(9-7-16)26(34)35)22-20(30-24(19)31)12-27(2,3)13-21(22)32/h4-11,14,23,30H,12-13H2,1-3H3,(H,29,33)(H,34,35). The molecule has 1 aliphatic carbocycles. The second-order valence-corrected chi connectivity index (χ2v) is 9.96. The highest BCUT2D eigenvalue weighted by Crippen LogP contribution is 2.46. The SMILES string of the molecule is Cc1ccc(NC(=O)c2cnn3c2NC2=C(C(=O)CC(C)(C)C2)C3c2ccc(C(=O)O)cc2)cc1. The number of anilines is 2. The van der Waals surface area contributed by atoms with E-state index in [4.69, 9.17) is 0 Å². The van der Waals surface area contributed by atoms with E-state index in [0.29, 0.717) is 35.5 Å². The molecule has 8 heteroatoms. The highest BCUT2D eigenvalue weighted by atomic mass is 16.4. The minimum absolute atomic E-state index is 0.0165. The van der Waals surface area contributed by atoms with E-state index in [1.807, 2.05) is 45.0 Å². The number of rotatable bonds is 4. The van der Waals surface area contributed by atoms with Gasteiger partial charge in [0.2, 0.25) is 0 Å². The first-order valence-electron chi connectivity index (χ1n) is 11.4. The first-order valence-corrected chi connectivity index (χ1v) is 11.4. The highest BCUT2D eigenvalue weighted by Gasteiger charge is 2.42. The molecule has 5 rings (SSSR count). The molecule has 0 fully saturated rings. The molecule has 2 aliphatic rings. The number of aromatic nitrogens is 2. The quantitative estimate of drug-likeness (QED) is 0.505. The molecule has 2 heterocycles. The van der Waals surface area contributed by atoms with Crippen molar-refractivity contribution in [2.75, 3.05) is 10.6 Å². The van der Waals surface area contributed by atoms with E-state index >= 15 is 0 Å². The smallest absolute Gasteiger partial charge is 0.335 e. The molecule has 0 spiro atoms. The summed E-state index contributed by atoms with van der Waals surface area (Å²) >= 11 is 0. The number of carbonyl (C=O) groups excluding carboxylic acids is 2. The molecule has 2 aromatic carbocycles. The van der Waals surface area contributed by atoms with Crippen LogP contribution in [0.4, 0.5) is 11.5 Å². The van der Waals surface area contributed by atoms with Crippen molar-refractivity contribution in [1.29, 1.82) is 0 Å². The molecule has 0 saturated heterocycles. The third-order valence-electron chi connectivity index (χ3n) is 6.53. The van der Waals surface area contributed by atoms with E-state index in [-0.39, 0.29) is 22.7 Å². The van der Waals surface area contributed by atoms with Crippen LogP contribution in [0.5, 0.6) is 0 Å². The zero-order chi connectivity index (χ0) is 24.9. The molecule has 1 atom stereocenters. The van der Waals surface area contributed by atoms with Gasteiger partial charge >= 0.3 is 5.97 Å². The second kappa shape index (κ2) is 8.23. The van der Waals surface area contributed by atoms with Gasteiger partial charge in [0.25, 0.3) is 5.91 Å². The summed E-state index contributed by atoms with van der Waals surface area (Å²) < 4.78 is 1.65. The third-order valence-corrected chi connectivity index (χ3v) is 6.53. The minimum atomic E-state index is -1.02. The number of aromatic carboxylic acids is 1. The fourth-order valence-electron chi connectivity index (χ4n) is 4.83. The van der Waals surface area contributed by atoms with E-state index < -0.39 is 12.0 Å². The Morgan fingerprint density at radius 1 is 1.09 bits per heavy atom. The lowest BCUT2D eigenvalue weighted by molar-refractivity contribution is -0.118. The zero-order valence-corrected chi connectivity index (χ0v) is 19.8. The first kappa shape index (κ1) is 22.6. The number of carbonyl (C=O) groups is 3. The first-order chi connectivity index (χ1) is 16.6. The molecular formula is C27H26N4O4. The van der Waals surface area contributed by atoms with Crippen molar-refractivity contribution in [2.24, 2.45) is 5.41 Å². The minimum Gasteiger partial charge on any atom is -0.478 e. The van der Waals surface area contributed by atoms with Crippen LogP contribution in [0.2, 0.25) is 0 Å². The Balaban J connectivity index is 1.58. The monoisotopic (exact) mass is 470 g/mol. The van der Waals surface area contributed by atoms with Crippen LogP contribution in [-0.2, 0) is 4.79 Å². The number of nitrogens with zero attached hydrogens (tertiary/aromatic N) is 2. The summed E-state index contributed by atoms with van der Waals surface area (Å²) in [6.45, 7) is 6.07. The summed E-state index contributed by atoms with van der Waals surface area (Å²) in [7, 11) is 0. The van der Waals surface area contributed by atoms with Gasteiger partial charge < -0.3 is 15.7 Å². The van der Waals surface area contributed by atoms with Crippen molar-refractivity contribution >= 4 is 29.2 Å². The number of carboxylic acid groups (broad SMARTS) is 1. The molecule has 178 valence electrons. The number of benzene rings is 2. The van der Waals surface area contributed by atoms with Gasteiger partial charge in [0.1, 0.15) is 17.4 Å². The summed E-state index contributed by atoms with van der Waals surface area (Å²) in [4.78, 5) is 37.9. The normalized spacial score (nSPS) is 18.4. The van der Waals surface area contributed by atoms with Gasteiger partial charge in [-0.1, -0.05) is 43.7 Å². The van der Waals surface area contributed by atoms with Crippen molar-refractivity contribution in [2.45, 2.75) is 39.7 Å². The van der Waals surface area contributed by atoms with Crippen LogP contribution < -0.4 is 10.6 Å². The predicted octanol–water partition coefficient (Wildman–Crippen LogP) is 4.80. The largest absolute Gasteiger partial charge is 0.478 e. The molecule has 1 amide bonds. The molecule has 8 nitrogen and oxygen atoms in total. The van der Waals surface area contributed by atoms with Crippen molar-refractivity contribution in [1.82, 2.24) is 9.78 Å². The maximum absolute atomic E-state index is 13.3. The van der Waals surface area contributed by atoms with E-state index in [0.717, 1.165) is 16.8 Å². The number of hydrogen-bond donors (Lipinski definition) is 3. The van der Waals surface area contributed by atoms with Gasteiger partial charge in [-0.15, -0.1) is 0 Å². The lowest BCUT2D eigenvalue weighted by Gasteiger charge is -2.39. The summed E-state index contributed by atoms with van der Waals surface area (Å²) in [5.41, 5.74) is 4.16. The molecule has 3 N–H and O–H groups in total. The van der Waals surface area contributed by atoms with Crippen LogP contribution in [0.1, 0.15) is 64.6 Å². The van der Waals surface area contributed by atoms with Gasteiger partial charge in [-0.3, -0.25) is 9.59 Å². The van der Waals surface area contributed by atoms with Gasteiger partial charge in [0.15, 0.2) is 5.78 Å². The molecule has 0 bridgehead atoms. The van der Waals surface area contributed by atoms with Crippen molar-refractivity contribution in [3.05, 3.63) is 88.3 Å². The van der Waals surface area contributed by atoms with E-state index in [2.05, 4.69) is 15.7 Å². The van der Waals surface area contributed by atoms with Crippen LogP contribution in [0.15, 0.2) is 66.0 Å². The number of fused-ring (bicyclic) bond motifs is 1. The van der Waals surface area contributed by atoms with E-state index in [1.165, 1.54) is 18.3 Å². The van der Waals surface area contributed by atoms with Crippen LogP contribution in [-0.4, -0.2) is 32.5 Å². The summed E-state index contributed by atoms with van der Waals surface area (Å²) in [6, 6.07) is 13.4. The Hall–Kier alpha value is -4.20. The van der Waals surface area contributed by atoms with E-state index in [1.54, 1.807) is 16.8 Å². The van der Waals surface area contributed by atoms with Gasteiger partial charge in [-0.25, -0.2) is 9.48 Å². The Labute approximate surface area is 202 Å². The van der Waals surface area contributed by atoms with Crippen molar-refractivity contribution in [3.63, 3.8) is 0 Å². The Morgan fingerprint density at radius 3 is 2.43 bits per heavy atom. The van der Waals surface area contributed by atoms with Crippen LogP contribution in [0.25, 0.3) is 0 Å². The van der Waals surface area contributed by atoms with Crippen molar-refractivity contribution in [3.8, 4) is 0 Å². The van der Waals surface area contributed by atoms with Crippen LogP contribution in [0, 0.1) is 12.3 Å². The average molecular weight is 471 g/mol. The summed E-state index contributed by atoms with van der Waals surface area (Å²) in [5.74, 6) is -0.811. The van der Waals surface area contributed by atoms with Crippen LogP contribution in [0.3, 0.4) is 0 Å². The number of allylic oxidation sites excluding steroid dienone is 2. The number of nitrogens with one attached hydrogen (secondary N) is 2. The highest BCUT2D eigenvalue weighted by molar-refractivity contribution is 6.08. The molecule has 3 aromatic rings. The van der Waals surface area contributed by atoms with Gasteiger partial charge in [0.05, 0.1) is 11.8 Å². The number of hydrogen-bond acceptors (Lipinski definition) is 5. The number of aryl methyl sites for hydroxylation is 1. The van der Waals surface area contributed by atoms with Gasteiger partial charge in [-0.05, 0) is 48.6 Å². The third kappa shape index (κ3) is 4.12. The average Bonchev–Trinajstić information content (AvgIpc) is 3.22. The lowest BCUT2D eigenvalue weighted by atomic mass is 9.73. The van der Waals surface area contributed by atoms with Gasteiger partial charge in [0, 0.05) is 23.4 Å². The predicted molar refractivity (Wildman–Crippen MR) is 132 cm³/mol. The lowest BCUT2D eigenvalue weighted by Crippen LogP contribution is -2.37. The zero-order valence-electron chi connectivity index (χ0n) is 19.8. The number of Topliss-reactive ketones (excluding diaryl/α,β-unsaturated/α-hetero) is 1. The maximum Gasteiger partial charge on any atom is 0.335 e.